The number of methoxy groups -OCH3 is 1. The van der Waals surface area contributed by atoms with E-state index in [1.54, 1.807) is 48.5 Å². The molecule has 0 radical (unpaired) electrons. The predicted octanol–water partition coefficient (Wildman–Crippen LogP) is 8.91. The molecule has 9 nitrogen and oxygen atoms in total. The van der Waals surface area contributed by atoms with Crippen LogP contribution in [0.2, 0.25) is 0 Å². The van der Waals surface area contributed by atoms with Crippen molar-refractivity contribution in [2.75, 3.05) is 23.5 Å². The van der Waals surface area contributed by atoms with Crippen LogP contribution in [-0.4, -0.2) is 36.6 Å². The molecule has 1 heterocycles. The molecule has 0 atom stereocenters. The van der Waals surface area contributed by atoms with Crippen molar-refractivity contribution in [1.82, 2.24) is 5.32 Å². The van der Waals surface area contributed by atoms with Crippen molar-refractivity contribution in [3.05, 3.63) is 148 Å². The number of carbonyl (C=O) groups is 4. The molecule has 0 saturated carbocycles. The Hall–Kier alpha value is -5.65. The van der Waals surface area contributed by atoms with Gasteiger partial charge in [-0.25, -0.2) is 4.79 Å². The molecule has 1 aliphatic rings. The second-order valence-corrected chi connectivity index (χ2v) is 14.8. The number of esters is 1. The quantitative estimate of drug-likeness (QED) is 0.0623. The van der Waals surface area contributed by atoms with Crippen LogP contribution in [0.1, 0.15) is 68.0 Å². The molecule has 0 aliphatic heterocycles. The highest BCUT2D eigenvalue weighted by Gasteiger charge is 2.26. The summed E-state index contributed by atoms with van der Waals surface area (Å²) in [4.78, 5) is 54.7. The number of hydrogen-bond acceptors (Lipinski definition) is 8. The zero-order valence-corrected chi connectivity index (χ0v) is 31.5. The van der Waals surface area contributed by atoms with E-state index in [0.717, 1.165) is 59.4 Å². The maximum absolute atomic E-state index is 13.7. The van der Waals surface area contributed by atoms with Crippen LogP contribution in [0.25, 0.3) is 6.08 Å². The van der Waals surface area contributed by atoms with Gasteiger partial charge in [-0.1, -0.05) is 79.6 Å². The summed E-state index contributed by atoms with van der Waals surface area (Å²) in [6.07, 6.45) is 7.61. The minimum atomic E-state index is -0.521. The van der Waals surface area contributed by atoms with Crippen molar-refractivity contribution < 1.29 is 28.7 Å². The van der Waals surface area contributed by atoms with E-state index in [4.69, 9.17) is 9.47 Å². The first-order valence-electron chi connectivity index (χ1n) is 17.8. The normalized spacial score (nSPS) is 12.7. The number of fused-ring (bicyclic) bond motifs is 1. The standard InChI is InChI=1S/C43H41N3O6S2/c1-51-43(50)39-35-19-10-2-3-11-20-37(35)54-42(39)46-38(47)28-53-34-18-12-17-32(26-34)44-41(49)36(45-40(48)31-15-8-5-9-16-31)25-29-21-23-33(24-22-29)52-27-30-13-6-4-7-14-30/h4-9,12-18,21-26H,2-3,10-11,19-20,27-28H2,1H3,(H,44,49)(H,45,48)(H,46,47)/b36-25+. The van der Waals surface area contributed by atoms with Gasteiger partial charge in [-0.3, -0.25) is 14.4 Å². The third-order valence-corrected chi connectivity index (χ3v) is 10.9. The fourth-order valence-electron chi connectivity index (χ4n) is 6.01. The SMILES string of the molecule is COC(=O)c1c(NC(=O)CSc2cccc(NC(=O)/C(=C\c3ccc(OCc4ccccc4)cc3)NC(=O)c3ccccc3)c2)sc2c1CCCCCC2. The number of nitrogens with one attached hydrogen (secondary N) is 3. The Kier molecular flexibility index (Phi) is 13.3. The van der Waals surface area contributed by atoms with Gasteiger partial charge in [-0.15, -0.1) is 23.1 Å². The molecule has 11 heteroatoms. The number of aryl methyl sites for hydroxylation is 1. The molecular formula is C43H41N3O6S2. The molecule has 0 saturated heterocycles. The fraction of sp³-hybridized carbons (Fsp3) is 0.209. The van der Waals surface area contributed by atoms with Crippen molar-refractivity contribution in [1.29, 1.82) is 0 Å². The first-order valence-corrected chi connectivity index (χ1v) is 19.6. The van der Waals surface area contributed by atoms with E-state index in [2.05, 4.69) is 16.0 Å². The molecule has 276 valence electrons. The number of thiophene rings is 1. The van der Waals surface area contributed by atoms with Gasteiger partial charge < -0.3 is 25.4 Å². The van der Waals surface area contributed by atoms with Crippen LogP contribution < -0.4 is 20.7 Å². The van der Waals surface area contributed by atoms with Gasteiger partial charge in [0.2, 0.25) is 5.91 Å². The van der Waals surface area contributed by atoms with Crippen LogP contribution in [-0.2, 0) is 33.8 Å². The molecule has 3 N–H and O–H groups in total. The Labute approximate surface area is 323 Å². The number of hydrogen-bond donors (Lipinski definition) is 3. The van der Waals surface area contributed by atoms with Crippen molar-refractivity contribution in [3.8, 4) is 5.75 Å². The zero-order chi connectivity index (χ0) is 37.7. The van der Waals surface area contributed by atoms with Crippen LogP contribution in [0.15, 0.2) is 120 Å². The Morgan fingerprint density at radius 3 is 2.26 bits per heavy atom. The van der Waals surface area contributed by atoms with E-state index in [1.165, 1.54) is 30.2 Å². The van der Waals surface area contributed by atoms with Crippen LogP contribution in [0.5, 0.6) is 5.75 Å². The summed E-state index contributed by atoms with van der Waals surface area (Å²) in [6.45, 7) is 0.422. The third-order valence-electron chi connectivity index (χ3n) is 8.74. The van der Waals surface area contributed by atoms with Crippen molar-refractivity contribution in [2.45, 2.75) is 50.0 Å². The first kappa shape index (κ1) is 38.1. The zero-order valence-electron chi connectivity index (χ0n) is 29.9. The molecule has 1 aromatic heterocycles. The number of thioether (sulfide) groups is 1. The van der Waals surface area contributed by atoms with Crippen molar-refractivity contribution in [2.24, 2.45) is 0 Å². The number of amides is 3. The van der Waals surface area contributed by atoms with Gasteiger partial charge in [0.1, 0.15) is 23.1 Å². The highest BCUT2D eigenvalue weighted by atomic mass is 32.2. The first-order chi connectivity index (χ1) is 26.4. The predicted molar refractivity (Wildman–Crippen MR) is 215 cm³/mol. The maximum atomic E-state index is 13.7. The van der Waals surface area contributed by atoms with Gasteiger partial charge in [0.15, 0.2) is 0 Å². The summed E-state index contributed by atoms with van der Waals surface area (Å²) in [6, 6.07) is 32.9. The minimum absolute atomic E-state index is 0.0469. The molecular weight excluding hydrogens is 719 g/mol. The average molecular weight is 760 g/mol. The number of carbonyl (C=O) groups excluding carboxylic acids is 4. The summed E-state index contributed by atoms with van der Waals surface area (Å²) < 4.78 is 11.0. The molecule has 54 heavy (non-hydrogen) atoms. The number of anilines is 2. The van der Waals surface area contributed by atoms with E-state index in [1.807, 2.05) is 66.7 Å². The summed E-state index contributed by atoms with van der Waals surface area (Å²) in [5.74, 6) is -0.876. The van der Waals surface area contributed by atoms with E-state index in [9.17, 15) is 19.2 Å². The highest BCUT2D eigenvalue weighted by Crippen LogP contribution is 2.38. The summed E-state index contributed by atoms with van der Waals surface area (Å²) in [7, 11) is 1.36. The third kappa shape index (κ3) is 10.5. The lowest BCUT2D eigenvalue weighted by atomic mass is 9.96. The minimum Gasteiger partial charge on any atom is -0.489 e. The Morgan fingerprint density at radius 1 is 0.796 bits per heavy atom. The summed E-state index contributed by atoms with van der Waals surface area (Å²) in [5, 5.41) is 9.16. The lowest BCUT2D eigenvalue weighted by Gasteiger charge is -2.13. The molecule has 1 aliphatic carbocycles. The largest absolute Gasteiger partial charge is 0.489 e. The summed E-state index contributed by atoms with van der Waals surface area (Å²) in [5.41, 5.74) is 4.14. The molecule has 0 fully saturated rings. The van der Waals surface area contributed by atoms with Gasteiger partial charge in [-0.2, -0.15) is 0 Å². The second-order valence-electron chi connectivity index (χ2n) is 12.7. The van der Waals surface area contributed by atoms with E-state index < -0.39 is 17.8 Å². The smallest absolute Gasteiger partial charge is 0.341 e. The van der Waals surface area contributed by atoms with E-state index >= 15 is 0 Å². The Morgan fingerprint density at radius 2 is 1.52 bits per heavy atom. The molecule has 0 unspecified atom stereocenters. The lowest BCUT2D eigenvalue weighted by Crippen LogP contribution is -2.30. The van der Waals surface area contributed by atoms with Gasteiger partial charge in [0, 0.05) is 21.0 Å². The highest BCUT2D eigenvalue weighted by molar-refractivity contribution is 8.00. The Balaban J connectivity index is 1.12. The van der Waals surface area contributed by atoms with Crippen LogP contribution in [0, 0.1) is 0 Å². The molecule has 0 bridgehead atoms. The number of ether oxygens (including phenoxy) is 2. The molecule has 5 aromatic rings. The maximum Gasteiger partial charge on any atom is 0.341 e. The van der Waals surface area contributed by atoms with Crippen LogP contribution in [0.4, 0.5) is 10.7 Å². The molecule has 6 rings (SSSR count). The average Bonchev–Trinajstić information content (AvgIpc) is 3.51. The Bertz CT molecular complexity index is 2110. The fourth-order valence-corrected chi connectivity index (χ4v) is 8.06. The number of rotatable bonds is 13. The van der Waals surface area contributed by atoms with E-state index in [0.29, 0.717) is 39.7 Å². The second kappa shape index (κ2) is 18.9. The van der Waals surface area contributed by atoms with Crippen LogP contribution in [0.3, 0.4) is 0 Å². The van der Waals surface area contributed by atoms with Gasteiger partial charge in [0.25, 0.3) is 11.8 Å². The number of benzene rings is 4. The molecule has 4 aromatic carbocycles. The van der Waals surface area contributed by atoms with Gasteiger partial charge in [-0.05, 0) is 90.9 Å². The van der Waals surface area contributed by atoms with Crippen LogP contribution >= 0.6 is 23.1 Å². The molecule has 3 amide bonds. The molecule has 0 spiro atoms. The van der Waals surface area contributed by atoms with Gasteiger partial charge in [0.05, 0.1) is 18.4 Å². The monoisotopic (exact) mass is 759 g/mol. The van der Waals surface area contributed by atoms with Crippen molar-refractivity contribution >= 4 is 63.6 Å². The lowest BCUT2D eigenvalue weighted by molar-refractivity contribution is -0.114. The van der Waals surface area contributed by atoms with E-state index in [-0.39, 0.29) is 17.4 Å². The summed E-state index contributed by atoms with van der Waals surface area (Å²) >= 11 is 2.77. The van der Waals surface area contributed by atoms with Gasteiger partial charge >= 0.3 is 5.97 Å². The van der Waals surface area contributed by atoms with Crippen molar-refractivity contribution in [3.63, 3.8) is 0 Å². The topological polar surface area (TPSA) is 123 Å².